The monoisotopic (exact) mass is 687 g/mol. The Labute approximate surface area is 290 Å². The summed E-state index contributed by atoms with van der Waals surface area (Å²) in [6.07, 6.45) is 33.5. The SMILES string of the molecule is CCC/C=C/CCCCCCCC/C=C/[C@@H](O)[C@H](COP(=O)([O-])OCC[N+](C)(C)C)NC(=O)CCCCCCCCCCCCCC. The van der Waals surface area contributed by atoms with Crippen LogP contribution in [0.3, 0.4) is 0 Å². The molecule has 0 heterocycles. The molecule has 3 atom stereocenters. The Hall–Kier alpha value is -1.02. The van der Waals surface area contributed by atoms with Gasteiger partial charge < -0.3 is 28.8 Å². The van der Waals surface area contributed by atoms with Crippen molar-refractivity contribution in [2.24, 2.45) is 0 Å². The zero-order chi connectivity index (χ0) is 35.1. The van der Waals surface area contributed by atoms with Crippen molar-refractivity contribution in [1.29, 1.82) is 0 Å². The molecule has 0 radical (unpaired) electrons. The van der Waals surface area contributed by atoms with Crippen LogP contribution in [0.5, 0.6) is 0 Å². The highest BCUT2D eigenvalue weighted by Gasteiger charge is 2.23. The average Bonchev–Trinajstić information content (AvgIpc) is 3.01. The number of allylic oxidation sites excluding steroid dienone is 3. The minimum Gasteiger partial charge on any atom is -0.756 e. The summed E-state index contributed by atoms with van der Waals surface area (Å²) >= 11 is 0. The van der Waals surface area contributed by atoms with Crippen LogP contribution >= 0.6 is 7.82 Å². The number of hydrogen-bond acceptors (Lipinski definition) is 6. The van der Waals surface area contributed by atoms with Gasteiger partial charge in [-0.25, -0.2) is 0 Å². The molecular formula is C38H75N2O6P. The Morgan fingerprint density at radius 1 is 0.723 bits per heavy atom. The molecule has 1 unspecified atom stereocenters. The van der Waals surface area contributed by atoms with E-state index in [1.54, 1.807) is 6.08 Å². The lowest BCUT2D eigenvalue weighted by Crippen LogP contribution is -2.45. The van der Waals surface area contributed by atoms with E-state index in [4.69, 9.17) is 9.05 Å². The lowest BCUT2D eigenvalue weighted by molar-refractivity contribution is -0.870. The van der Waals surface area contributed by atoms with Gasteiger partial charge in [0.1, 0.15) is 13.2 Å². The number of carbonyl (C=O) groups is 1. The number of quaternary nitrogens is 1. The first-order chi connectivity index (χ1) is 22.5. The number of unbranched alkanes of at least 4 members (excludes halogenated alkanes) is 19. The van der Waals surface area contributed by atoms with Crippen LogP contribution in [-0.4, -0.2) is 68.5 Å². The molecule has 2 N–H and O–H groups in total. The van der Waals surface area contributed by atoms with Gasteiger partial charge in [-0.15, -0.1) is 0 Å². The van der Waals surface area contributed by atoms with Gasteiger partial charge >= 0.3 is 0 Å². The number of phosphoric acid groups is 1. The summed E-state index contributed by atoms with van der Waals surface area (Å²) in [4.78, 5) is 25.1. The van der Waals surface area contributed by atoms with Crippen LogP contribution in [0.4, 0.5) is 0 Å². The molecule has 0 aromatic rings. The fourth-order valence-electron chi connectivity index (χ4n) is 5.27. The third kappa shape index (κ3) is 33.3. The van der Waals surface area contributed by atoms with Gasteiger partial charge in [0.25, 0.3) is 7.82 Å². The summed E-state index contributed by atoms with van der Waals surface area (Å²) < 4.78 is 23.1. The standard InChI is InChI=1S/C38H75N2O6P/c1-6-8-10-12-14-16-18-20-21-23-25-27-29-31-37(41)36(35-46-47(43,44)45-34-33-40(3,4)5)39-38(42)32-30-28-26-24-22-19-17-15-13-11-9-7-2/h10,12,29,31,36-37,41H,6-9,11,13-28,30,32-35H2,1-5H3,(H-,39,42,43,44)/b12-10+,31-29+/t36-,37+/m0/s1. The quantitative estimate of drug-likeness (QED) is 0.0303. The maximum atomic E-state index is 12.7. The van der Waals surface area contributed by atoms with Gasteiger partial charge in [-0.1, -0.05) is 141 Å². The van der Waals surface area contributed by atoms with Crippen molar-refractivity contribution < 1.29 is 32.9 Å². The lowest BCUT2D eigenvalue weighted by Gasteiger charge is -2.29. The molecule has 0 rings (SSSR count). The smallest absolute Gasteiger partial charge is 0.268 e. The highest BCUT2D eigenvalue weighted by Crippen LogP contribution is 2.38. The summed E-state index contributed by atoms with van der Waals surface area (Å²) in [5.41, 5.74) is 0. The van der Waals surface area contributed by atoms with Gasteiger partial charge in [0.05, 0.1) is 39.9 Å². The van der Waals surface area contributed by atoms with E-state index < -0.39 is 20.0 Å². The molecule has 0 fully saturated rings. The first-order valence-corrected chi connectivity index (χ1v) is 20.7. The number of likely N-dealkylation sites (N-methyl/N-ethyl adjacent to an activating group) is 1. The molecule has 0 aromatic heterocycles. The Balaban J connectivity index is 4.55. The predicted octanol–water partition coefficient (Wildman–Crippen LogP) is 9.16. The molecule has 0 saturated carbocycles. The van der Waals surface area contributed by atoms with Crippen molar-refractivity contribution in [3.05, 3.63) is 24.3 Å². The molecule has 9 heteroatoms. The first kappa shape index (κ1) is 46.0. The molecule has 47 heavy (non-hydrogen) atoms. The van der Waals surface area contributed by atoms with Crippen LogP contribution in [0.1, 0.15) is 162 Å². The largest absolute Gasteiger partial charge is 0.756 e. The third-order valence-corrected chi connectivity index (χ3v) is 9.35. The van der Waals surface area contributed by atoms with E-state index >= 15 is 0 Å². The van der Waals surface area contributed by atoms with Crippen molar-refractivity contribution in [3.63, 3.8) is 0 Å². The van der Waals surface area contributed by atoms with Gasteiger partial charge in [0, 0.05) is 6.42 Å². The van der Waals surface area contributed by atoms with Crippen LogP contribution in [0.15, 0.2) is 24.3 Å². The Kier molecular flexibility index (Phi) is 30.3. The first-order valence-electron chi connectivity index (χ1n) is 19.2. The summed E-state index contributed by atoms with van der Waals surface area (Å²) in [5, 5.41) is 13.7. The molecule has 278 valence electrons. The predicted molar refractivity (Wildman–Crippen MR) is 196 cm³/mol. The van der Waals surface area contributed by atoms with Gasteiger partial charge in [-0.3, -0.25) is 9.36 Å². The highest BCUT2D eigenvalue weighted by atomic mass is 31.2. The fraction of sp³-hybridized carbons (Fsp3) is 0.868. The van der Waals surface area contributed by atoms with E-state index in [1.807, 2.05) is 27.2 Å². The van der Waals surface area contributed by atoms with Gasteiger partial charge in [0.2, 0.25) is 5.91 Å². The lowest BCUT2D eigenvalue weighted by atomic mass is 10.0. The number of nitrogens with zero attached hydrogens (tertiary/aromatic N) is 1. The maximum absolute atomic E-state index is 12.7. The normalized spacial score (nSPS) is 15.0. The van der Waals surface area contributed by atoms with Crippen molar-refractivity contribution in [2.45, 2.75) is 174 Å². The van der Waals surface area contributed by atoms with E-state index in [1.165, 1.54) is 103 Å². The molecule has 0 spiro atoms. The minimum atomic E-state index is -4.58. The highest BCUT2D eigenvalue weighted by molar-refractivity contribution is 7.45. The zero-order valence-electron chi connectivity index (χ0n) is 31.2. The number of aliphatic hydroxyl groups excluding tert-OH is 1. The summed E-state index contributed by atoms with van der Waals surface area (Å²) in [6.45, 7) is 4.56. The topological polar surface area (TPSA) is 108 Å². The summed E-state index contributed by atoms with van der Waals surface area (Å²) in [6, 6.07) is -0.883. The molecular weight excluding hydrogens is 611 g/mol. The Morgan fingerprint density at radius 2 is 1.21 bits per heavy atom. The van der Waals surface area contributed by atoms with Crippen molar-refractivity contribution in [2.75, 3.05) is 40.9 Å². The second-order valence-electron chi connectivity index (χ2n) is 14.3. The Bertz CT molecular complexity index is 829. The zero-order valence-corrected chi connectivity index (χ0v) is 32.1. The number of aliphatic hydroxyl groups is 1. The van der Waals surface area contributed by atoms with E-state index in [0.29, 0.717) is 17.4 Å². The molecule has 8 nitrogen and oxygen atoms in total. The van der Waals surface area contributed by atoms with E-state index in [2.05, 4.69) is 31.3 Å². The average molecular weight is 687 g/mol. The molecule has 0 bridgehead atoms. The number of nitrogens with one attached hydrogen (secondary N) is 1. The van der Waals surface area contributed by atoms with Crippen LogP contribution in [0, 0.1) is 0 Å². The van der Waals surface area contributed by atoms with Crippen LogP contribution in [0.2, 0.25) is 0 Å². The maximum Gasteiger partial charge on any atom is 0.268 e. The molecule has 0 aliphatic rings. The molecule has 0 aromatic carbocycles. The summed E-state index contributed by atoms with van der Waals surface area (Å²) in [5.74, 6) is -0.203. The molecule has 0 saturated heterocycles. The van der Waals surface area contributed by atoms with Gasteiger partial charge in [-0.2, -0.15) is 0 Å². The van der Waals surface area contributed by atoms with E-state index in [0.717, 1.165) is 38.5 Å². The number of amides is 1. The van der Waals surface area contributed by atoms with Crippen LogP contribution in [0.25, 0.3) is 0 Å². The van der Waals surface area contributed by atoms with Crippen molar-refractivity contribution in [1.82, 2.24) is 5.32 Å². The van der Waals surface area contributed by atoms with Crippen molar-refractivity contribution >= 4 is 13.7 Å². The third-order valence-electron chi connectivity index (χ3n) is 8.39. The minimum absolute atomic E-state index is 0.00126. The molecule has 0 aliphatic carbocycles. The number of carbonyl (C=O) groups excluding carboxylic acids is 1. The molecule has 1 amide bonds. The second-order valence-corrected chi connectivity index (χ2v) is 15.7. The van der Waals surface area contributed by atoms with Crippen LogP contribution in [-0.2, 0) is 18.4 Å². The Morgan fingerprint density at radius 3 is 1.74 bits per heavy atom. The van der Waals surface area contributed by atoms with Crippen LogP contribution < -0.4 is 10.2 Å². The molecule has 0 aliphatic heterocycles. The summed E-state index contributed by atoms with van der Waals surface area (Å²) in [7, 11) is 1.25. The second kappa shape index (κ2) is 31.0. The number of phosphoric ester groups is 1. The number of hydrogen-bond donors (Lipinski definition) is 2. The van der Waals surface area contributed by atoms with Crippen molar-refractivity contribution in [3.8, 4) is 0 Å². The van der Waals surface area contributed by atoms with Gasteiger partial charge in [-0.05, 0) is 38.5 Å². The van der Waals surface area contributed by atoms with E-state index in [-0.39, 0.29) is 19.1 Å². The van der Waals surface area contributed by atoms with E-state index in [9.17, 15) is 19.4 Å². The van der Waals surface area contributed by atoms with Gasteiger partial charge in [0.15, 0.2) is 0 Å². The fourth-order valence-corrected chi connectivity index (χ4v) is 5.99. The number of rotatable bonds is 34.